The van der Waals surface area contributed by atoms with Crippen molar-refractivity contribution in [2.24, 2.45) is 0 Å². The Labute approximate surface area is 140 Å². The number of nitrogens with zero attached hydrogens (tertiary/aromatic N) is 2. The molecule has 1 atom stereocenters. The third kappa shape index (κ3) is 2.70. The summed E-state index contributed by atoms with van der Waals surface area (Å²) >= 11 is 0. The molecule has 0 aliphatic carbocycles. The second kappa shape index (κ2) is 6.18. The van der Waals surface area contributed by atoms with E-state index in [0.717, 1.165) is 23.0 Å². The Balaban J connectivity index is 2.15. The minimum absolute atomic E-state index is 0.0404. The number of rotatable bonds is 5. The van der Waals surface area contributed by atoms with Gasteiger partial charge in [0.05, 0.1) is 23.7 Å². The van der Waals surface area contributed by atoms with E-state index in [2.05, 4.69) is 13.8 Å². The molecule has 0 spiro atoms. The molecule has 1 aromatic carbocycles. The first-order chi connectivity index (χ1) is 11.4. The highest BCUT2D eigenvalue weighted by atomic mass is 16.3. The largest absolute Gasteiger partial charge is 0.394 e. The lowest BCUT2D eigenvalue weighted by Gasteiger charge is -2.33. The Morgan fingerprint density at radius 2 is 2.00 bits per heavy atom. The van der Waals surface area contributed by atoms with Crippen LogP contribution < -0.4 is 11.1 Å². The van der Waals surface area contributed by atoms with Gasteiger partial charge in [0.25, 0.3) is 0 Å². The van der Waals surface area contributed by atoms with Gasteiger partial charge in [0, 0.05) is 13.1 Å². The summed E-state index contributed by atoms with van der Waals surface area (Å²) in [5, 5.41) is 18.4. The van der Waals surface area contributed by atoms with Crippen LogP contribution in [-0.2, 0) is 18.5 Å². The number of aliphatic hydroxyl groups excluding tert-OH is 2. The predicted molar refractivity (Wildman–Crippen MR) is 92.4 cm³/mol. The minimum atomic E-state index is -0.791. The molecular weight excluding hydrogens is 308 g/mol. The Kier molecular flexibility index (Phi) is 4.36. The maximum Gasteiger partial charge on any atom is 0.316 e. The van der Waals surface area contributed by atoms with E-state index in [-0.39, 0.29) is 12.0 Å². The zero-order valence-corrected chi connectivity index (χ0v) is 14.2. The Morgan fingerprint density at radius 3 is 2.71 bits per heavy atom. The van der Waals surface area contributed by atoms with Crippen molar-refractivity contribution < 1.29 is 10.2 Å². The van der Waals surface area contributed by atoms with E-state index in [0.29, 0.717) is 25.9 Å². The van der Waals surface area contributed by atoms with Gasteiger partial charge in [-0.3, -0.25) is 9.59 Å². The number of para-hydroxylation sites is 1. The summed E-state index contributed by atoms with van der Waals surface area (Å²) in [6.07, 6.45) is 0.943. The first-order valence-electron chi connectivity index (χ1n) is 8.42. The molecule has 24 heavy (non-hydrogen) atoms. The summed E-state index contributed by atoms with van der Waals surface area (Å²) in [7, 11) is 0. The van der Waals surface area contributed by atoms with Crippen LogP contribution in [0.15, 0.2) is 27.8 Å². The molecule has 2 N–H and O–H groups in total. The number of benzene rings is 1. The summed E-state index contributed by atoms with van der Waals surface area (Å²) in [5.41, 5.74) is 1.67. The Bertz CT molecular complexity index is 879. The minimum Gasteiger partial charge on any atom is -0.394 e. The average Bonchev–Trinajstić information content (AvgIpc) is 2.56. The van der Waals surface area contributed by atoms with Crippen LogP contribution in [0.2, 0.25) is 0 Å². The van der Waals surface area contributed by atoms with E-state index >= 15 is 0 Å². The normalized spacial score (nSPS) is 17.2. The van der Waals surface area contributed by atoms with E-state index in [4.69, 9.17) is 5.11 Å². The summed E-state index contributed by atoms with van der Waals surface area (Å²) in [6.45, 7) is 4.92. The quantitative estimate of drug-likeness (QED) is 0.800. The lowest BCUT2D eigenvalue weighted by molar-refractivity contribution is 0.0856. The summed E-state index contributed by atoms with van der Waals surface area (Å²) in [4.78, 5) is 25.0. The van der Waals surface area contributed by atoms with Crippen LogP contribution >= 0.6 is 0 Å². The SMILES string of the molecule is CC1(C)CCn2c(=O)c(=O)n(CCCC(O)CO)c3cccc1c32. The molecule has 0 saturated heterocycles. The van der Waals surface area contributed by atoms with Crippen LogP contribution in [0.5, 0.6) is 0 Å². The molecule has 1 aliphatic heterocycles. The molecule has 6 nitrogen and oxygen atoms in total. The van der Waals surface area contributed by atoms with Crippen LogP contribution in [0.4, 0.5) is 0 Å². The molecule has 6 heteroatoms. The summed E-state index contributed by atoms with van der Waals surface area (Å²) in [5.74, 6) is 0. The number of hydrogen-bond donors (Lipinski definition) is 2. The van der Waals surface area contributed by atoms with Crippen molar-refractivity contribution in [2.75, 3.05) is 6.61 Å². The lowest BCUT2D eigenvalue weighted by atomic mass is 9.78. The second-order valence-electron chi connectivity index (χ2n) is 7.20. The van der Waals surface area contributed by atoms with Gasteiger partial charge < -0.3 is 19.3 Å². The molecule has 2 aromatic rings. The first kappa shape index (κ1) is 16.9. The molecule has 2 heterocycles. The summed E-state index contributed by atoms with van der Waals surface area (Å²) < 4.78 is 3.13. The maximum atomic E-state index is 12.5. The fourth-order valence-corrected chi connectivity index (χ4v) is 3.56. The molecule has 0 radical (unpaired) electrons. The van der Waals surface area contributed by atoms with Gasteiger partial charge in [0.1, 0.15) is 0 Å². The number of aliphatic hydroxyl groups is 2. The molecule has 0 saturated carbocycles. The van der Waals surface area contributed by atoms with Crippen molar-refractivity contribution in [3.05, 3.63) is 44.5 Å². The highest BCUT2D eigenvalue weighted by Crippen LogP contribution is 2.36. The molecular formula is C18H24N2O4. The number of aryl methyl sites for hydroxylation is 2. The molecule has 1 aromatic heterocycles. The third-order valence-electron chi connectivity index (χ3n) is 5.07. The van der Waals surface area contributed by atoms with Crippen molar-refractivity contribution in [3.8, 4) is 0 Å². The fourth-order valence-electron chi connectivity index (χ4n) is 3.56. The standard InChI is InChI=1S/C18H24N2O4/c1-18(2)8-10-20-15-13(18)6-3-7-14(15)19(16(23)17(20)24)9-4-5-12(22)11-21/h3,6-7,12,21-22H,4-5,8-11H2,1-2H3. The van der Waals surface area contributed by atoms with E-state index in [1.807, 2.05) is 18.2 Å². The van der Waals surface area contributed by atoms with Crippen molar-refractivity contribution in [1.29, 1.82) is 0 Å². The predicted octanol–water partition coefficient (Wildman–Crippen LogP) is 0.978. The van der Waals surface area contributed by atoms with Gasteiger partial charge in [0.2, 0.25) is 0 Å². The maximum absolute atomic E-state index is 12.5. The van der Waals surface area contributed by atoms with Gasteiger partial charge >= 0.3 is 11.1 Å². The van der Waals surface area contributed by atoms with Gasteiger partial charge in [-0.1, -0.05) is 26.0 Å². The highest BCUT2D eigenvalue weighted by molar-refractivity contribution is 5.80. The van der Waals surface area contributed by atoms with Gasteiger partial charge in [-0.05, 0) is 36.3 Å². The van der Waals surface area contributed by atoms with Gasteiger partial charge in [-0.15, -0.1) is 0 Å². The first-order valence-corrected chi connectivity index (χ1v) is 8.42. The molecule has 0 amide bonds. The third-order valence-corrected chi connectivity index (χ3v) is 5.07. The molecule has 1 aliphatic rings. The zero-order chi connectivity index (χ0) is 17.5. The molecule has 0 bridgehead atoms. The van der Waals surface area contributed by atoms with Crippen LogP contribution in [0, 0.1) is 0 Å². The molecule has 130 valence electrons. The molecule has 0 fully saturated rings. The van der Waals surface area contributed by atoms with Gasteiger partial charge in [-0.25, -0.2) is 0 Å². The van der Waals surface area contributed by atoms with Crippen molar-refractivity contribution in [2.45, 2.75) is 57.7 Å². The van der Waals surface area contributed by atoms with E-state index in [1.54, 1.807) is 4.57 Å². The number of aromatic nitrogens is 2. The van der Waals surface area contributed by atoms with Gasteiger partial charge in [0.15, 0.2) is 0 Å². The van der Waals surface area contributed by atoms with Crippen molar-refractivity contribution in [1.82, 2.24) is 9.13 Å². The summed E-state index contributed by atoms with van der Waals surface area (Å²) in [6, 6.07) is 5.83. The molecule has 1 unspecified atom stereocenters. The van der Waals surface area contributed by atoms with E-state index in [1.165, 1.54) is 4.57 Å². The Hall–Kier alpha value is -1.92. The Morgan fingerprint density at radius 1 is 1.25 bits per heavy atom. The van der Waals surface area contributed by atoms with Crippen molar-refractivity contribution in [3.63, 3.8) is 0 Å². The smallest absolute Gasteiger partial charge is 0.316 e. The number of hydrogen-bond acceptors (Lipinski definition) is 4. The monoisotopic (exact) mass is 332 g/mol. The molecule has 3 rings (SSSR count). The average molecular weight is 332 g/mol. The fraction of sp³-hybridized carbons (Fsp3) is 0.556. The van der Waals surface area contributed by atoms with Crippen LogP contribution in [0.25, 0.3) is 11.0 Å². The van der Waals surface area contributed by atoms with Crippen molar-refractivity contribution >= 4 is 11.0 Å². The van der Waals surface area contributed by atoms with Crippen LogP contribution in [-0.4, -0.2) is 32.1 Å². The van der Waals surface area contributed by atoms with E-state index in [9.17, 15) is 14.7 Å². The van der Waals surface area contributed by atoms with Crippen LogP contribution in [0.3, 0.4) is 0 Å². The van der Waals surface area contributed by atoms with E-state index < -0.39 is 17.2 Å². The van der Waals surface area contributed by atoms with Crippen LogP contribution in [0.1, 0.15) is 38.7 Å². The highest BCUT2D eigenvalue weighted by Gasteiger charge is 2.30. The topological polar surface area (TPSA) is 84.5 Å². The second-order valence-corrected chi connectivity index (χ2v) is 7.20. The zero-order valence-electron chi connectivity index (χ0n) is 14.2. The van der Waals surface area contributed by atoms with Gasteiger partial charge in [-0.2, -0.15) is 0 Å². The lowest BCUT2D eigenvalue weighted by Crippen LogP contribution is -2.44.